The number of nitrogens with two attached hydrogens (primary N) is 2. The Bertz CT molecular complexity index is 1060. The number of rotatable bonds is 10. The van der Waals surface area contributed by atoms with Gasteiger partial charge in [-0.25, -0.2) is 0 Å². The van der Waals surface area contributed by atoms with Gasteiger partial charge in [-0.05, 0) is 47.5 Å². The van der Waals surface area contributed by atoms with E-state index in [1.54, 1.807) is 12.1 Å². The first-order valence-electron chi connectivity index (χ1n) is 9.99. The molecule has 3 aromatic rings. The third-order valence-electron chi connectivity index (χ3n) is 4.72. The molecule has 0 radical (unpaired) electrons. The molecule has 170 valence electrons. The van der Waals surface area contributed by atoms with Gasteiger partial charge in [-0.15, -0.1) is 11.3 Å². The van der Waals surface area contributed by atoms with E-state index in [9.17, 15) is 14.4 Å². The molecular weight excluding hydrogens is 450 g/mol. The maximum absolute atomic E-state index is 13.6. The van der Waals surface area contributed by atoms with Crippen LogP contribution in [-0.2, 0) is 11.3 Å². The van der Waals surface area contributed by atoms with Crippen LogP contribution in [0.3, 0.4) is 0 Å². The fourth-order valence-corrected chi connectivity index (χ4v) is 4.53. The van der Waals surface area contributed by atoms with Gasteiger partial charge in [-0.3, -0.25) is 14.4 Å². The Morgan fingerprint density at radius 3 is 2.59 bits per heavy atom. The predicted molar refractivity (Wildman–Crippen MR) is 123 cm³/mol. The highest BCUT2D eigenvalue weighted by Gasteiger charge is 2.36. The van der Waals surface area contributed by atoms with E-state index < -0.39 is 17.9 Å². The summed E-state index contributed by atoms with van der Waals surface area (Å²) in [5, 5.41) is 4.78. The van der Waals surface area contributed by atoms with Gasteiger partial charge in [0.1, 0.15) is 10.6 Å². The zero-order chi connectivity index (χ0) is 23.3. The van der Waals surface area contributed by atoms with E-state index in [-0.39, 0.29) is 28.7 Å². The Kier molecular flexibility index (Phi) is 7.65. The summed E-state index contributed by atoms with van der Waals surface area (Å²) in [5.74, 6) is -1.01. The van der Waals surface area contributed by atoms with Crippen molar-refractivity contribution in [2.45, 2.75) is 32.9 Å². The number of anilines is 1. The summed E-state index contributed by atoms with van der Waals surface area (Å²) in [5.41, 5.74) is 11.0. The molecule has 0 saturated heterocycles. The van der Waals surface area contributed by atoms with Gasteiger partial charge in [-0.1, -0.05) is 19.9 Å². The molecule has 11 heteroatoms. The third kappa shape index (κ3) is 5.35. The van der Waals surface area contributed by atoms with Crippen LogP contribution >= 0.6 is 22.9 Å². The van der Waals surface area contributed by atoms with E-state index in [1.165, 1.54) is 22.5 Å². The molecule has 32 heavy (non-hydrogen) atoms. The number of nitrogens with zero attached hydrogens (tertiary/aromatic N) is 2. The van der Waals surface area contributed by atoms with Crippen LogP contribution in [0.2, 0.25) is 0 Å². The molecule has 3 rings (SSSR count). The topological polar surface area (TPSA) is 145 Å². The van der Waals surface area contributed by atoms with Gasteiger partial charge in [0.15, 0.2) is 11.7 Å². The second-order valence-electron chi connectivity index (χ2n) is 7.54. The van der Waals surface area contributed by atoms with Gasteiger partial charge in [-0.2, -0.15) is 4.37 Å². The number of nitrogen functional groups attached to an aromatic ring is 1. The van der Waals surface area contributed by atoms with Crippen molar-refractivity contribution in [1.29, 1.82) is 0 Å². The van der Waals surface area contributed by atoms with E-state index >= 15 is 0 Å². The molecule has 0 fully saturated rings. The van der Waals surface area contributed by atoms with Gasteiger partial charge in [0, 0.05) is 11.4 Å². The van der Waals surface area contributed by atoms with Crippen LogP contribution in [0.4, 0.5) is 5.69 Å². The Hall–Kier alpha value is -3.18. The molecule has 0 unspecified atom stereocenters. The number of aromatic nitrogens is 1. The largest absolute Gasteiger partial charge is 0.467 e. The maximum atomic E-state index is 13.6. The molecule has 0 aliphatic carbocycles. The molecule has 0 saturated carbocycles. The molecule has 3 heterocycles. The molecule has 3 amide bonds. The van der Waals surface area contributed by atoms with Crippen LogP contribution in [0.25, 0.3) is 0 Å². The lowest BCUT2D eigenvalue weighted by Crippen LogP contribution is -2.43. The molecule has 0 spiro atoms. The zero-order valence-electron chi connectivity index (χ0n) is 17.7. The lowest BCUT2D eigenvalue weighted by atomic mass is 10.1. The fourth-order valence-electron chi connectivity index (χ4n) is 3.06. The minimum absolute atomic E-state index is 0.0434. The van der Waals surface area contributed by atoms with E-state index in [1.807, 2.05) is 17.5 Å². The smallest absolute Gasteiger partial charge is 0.270 e. The summed E-state index contributed by atoms with van der Waals surface area (Å²) in [4.78, 5) is 40.7. The molecule has 0 bridgehead atoms. The van der Waals surface area contributed by atoms with Gasteiger partial charge in [0.2, 0.25) is 0 Å². The average Bonchev–Trinajstić information content (AvgIpc) is 3.49. The predicted octanol–water partition coefficient (Wildman–Crippen LogP) is 3.02. The lowest BCUT2D eigenvalue weighted by molar-refractivity contribution is -0.126. The number of furan rings is 1. The van der Waals surface area contributed by atoms with Crippen LogP contribution < -0.4 is 16.8 Å². The Morgan fingerprint density at radius 2 is 2.03 bits per heavy atom. The number of hydrogen-bond acceptors (Lipinski definition) is 8. The van der Waals surface area contributed by atoms with Crippen molar-refractivity contribution in [3.05, 3.63) is 57.1 Å². The Labute approximate surface area is 193 Å². The quantitative estimate of drug-likeness (QED) is 0.411. The summed E-state index contributed by atoms with van der Waals surface area (Å²) < 4.78 is 9.46. The maximum Gasteiger partial charge on any atom is 0.270 e. The minimum atomic E-state index is -1.04. The highest BCUT2D eigenvalue weighted by molar-refractivity contribution is 7.10. The summed E-state index contributed by atoms with van der Waals surface area (Å²) in [6, 6.07) is 5.99. The number of thiophene rings is 1. The first-order valence-corrected chi connectivity index (χ1v) is 11.6. The monoisotopic (exact) mass is 475 g/mol. The summed E-state index contributed by atoms with van der Waals surface area (Å²) in [6.07, 6.45) is 2.24. The number of amides is 3. The first kappa shape index (κ1) is 23.5. The SMILES string of the molecule is CC(C)CCNC(=O)[C@@H](c1ccco1)N(Cc1cccs1)C(=O)c1snc(C(N)=O)c1N. The molecule has 3 aromatic heterocycles. The van der Waals surface area contributed by atoms with Gasteiger partial charge >= 0.3 is 0 Å². The highest BCUT2D eigenvalue weighted by atomic mass is 32.1. The van der Waals surface area contributed by atoms with E-state index in [2.05, 4.69) is 23.5 Å². The molecule has 0 aromatic carbocycles. The molecule has 1 atom stereocenters. The Balaban J connectivity index is 1.99. The van der Waals surface area contributed by atoms with E-state index in [0.29, 0.717) is 18.2 Å². The van der Waals surface area contributed by atoms with E-state index in [4.69, 9.17) is 15.9 Å². The van der Waals surface area contributed by atoms with Gasteiger partial charge in [0.25, 0.3) is 17.7 Å². The second kappa shape index (κ2) is 10.4. The fraction of sp³-hybridized carbons (Fsp3) is 0.333. The molecule has 0 aliphatic heterocycles. The van der Waals surface area contributed by atoms with Crippen molar-refractivity contribution < 1.29 is 18.8 Å². The van der Waals surface area contributed by atoms with Crippen LogP contribution in [0.15, 0.2) is 40.3 Å². The summed E-state index contributed by atoms with van der Waals surface area (Å²) in [7, 11) is 0. The lowest BCUT2D eigenvalue weighted by Gasteiger charge is -2.29. The minimum Gasteiger partial charge on any atom is -0.467 e. The van der Waals surface area contributed by atoms with E-state index in [0.717, 1.165) is 22.8 Å². The average molecular weight is 476 g/mol. The first-order chi connectivity index (χ1) is 15.3. The molecule has 0 aliphatic rings. The third-order valence-corrected chi connectivity index (χ3v) is 6.43. The zero-order valence-corrected chi connectivity index (χ0v) is 19.4. The van der Waals surface area contributed by atoms with Crippen LogP contribution in [-0.4, -0.2) is 33.5 Å². The molecule has 9 nitrogen and oxygen atoms in total. The standard InChI is InChI=1S/C21H25N5O4S2/c1-12(2)7-8-24-20(28)17(14-6-3-9-30-14)26(11-13-5-4-10-31-13)21(29)18-15(22)16(19(23)27)25-32-18/h3-6,9-10,12,17H,7-8,11,22H2,1-2H3,(H2,23,27)(H,24,28)/t17-/m1/s1. The van der Waals surface area contributed by atoms with Crippen LogP contribution in [0.5, 0.6) is 0 Å². The van der Waals surface area contributed by atoms with Crippen LogP contribution in [0, 0.1) is 5.92 Å². The number of hydrogen-bond donors (Lipinski definition) is 3. The number of primary amides is 1. The summed E-state index contributed by atoms with van der Waals surface area (Å²) >= 11 is 2.23. The van der Waals surface area contributed by atoms with Crippen molar-refractivity contribution in [2.24, 2.45) is 11.7 Å². The normalized spacial score (nSPS) is 12.0. The van der Waals surface area contributed by atoms with Crippen molar-refractivity contribution in [1.82, 2.24) is 14.6 Å². The number of carbonyl (C=O) groups is 3. The number of carbonyl (C=O) groups excluding carboxylic acids is 3. The van der Waals surface area contributed by atoms with Crippen molar-refractivity contribution >= 4 is 46.3 Å². The van der Waals surface area contributed by atoms with Gasteiger partial charge < -0.3 is 26.1 Å². The molecular formula is C21H25N5O4S2. The van der Waals surface area contributed by atoms with Crippen molar-refractivity contribution in [2.75, 3.05) is 12.3 Å². The highest BCUT2D eigenvalue weighted by Crippen LogP contribution is 2.31. The van der Waals surface area contributed by atoms with Crippen LogP contribution in [0.1, 0.15) is 57.1 Å². The Morgan fingerprint density at radius 1 is 1.25 bits per heavy atom. The number of nitrogens with one attached hydrogen (secondary N) is 1. The van der Waals surface area contributed by atoms with Crippen molar-refractivity contribution in [3.8, 4) is 0 Å². The molecule has 5 N–H and O–H groups in total. The second-order valence-corrected chi connectivity index (χ2v) is 9.35. The summed E-state index contributed by atoms with van der Waals surface area (Å²) in [6.45, 7) is 4.73. The van der Waals surface area contributed by atoms with Gasteiger partial charge in [0.05, 0.1) is 18.5 Å². The van der Waals surface area contributed by atoms with Crippen molar-refractivity contribution in [3.63, 3.8) is 0 Å².